The molecule has 1 aliphatic rings. The van der Waals surface area contributed by atoms with Gasteiger partial charge < -0.3 is 10.1 Å². The fourth-order valence-electron chi connectivity index (χ4n) is 0.977. The van der Waals surface area contributed by atoms with Gasteiger partial charge in [0.2, 0.25) is 0 Å². The first-order valence-electron chi connectivity index (χ1n) is 3.22. The molecule has 0 atom stereocenters. The van der Waals surface area contributed by atoms with Gasteiger partial charge in [0, 0.05) is 7.05 Å². The maximum absolute atomic E-state index is 10.8. The number of rotatable bonds is 0. The molecule has 0 aromatic carbocycles. The first-order valence-corrected chi connectivity index (χ1v) is 3.22. The van der Waals surface area contributed by atoms with Crippen LogP contribution in [0.3, 0.4) is 0 Å². The molecule has 0 saturated heterocycles. The van der Waals surface area contributed by atoms with Crippen molar-refractivity contribution >= 4 is 11.7 Å². The van der Waals surface area contributed by atoms with Crippen LogP contribution in [0.2, 0.25) is 0 Å². The lowest BCUT2D eigenvalue weighted by Crippen LogP contribution is -2.26. The molecule has 0 spiro atoms. The van der Waals surface area contributed by atoms with Crippen molar-refractivity contribution in [1.29, 1.82) is 0 Å². The van der Waals surface area contributed by atoms with Gasteiger partial charge in [0.25, 0.3) is 5.91 Å². The molecule has 11 heavy (non-hydrogen) atoms. The molecule has 1 amide bonds. The maximum atomic E-state index is 10.8. The summed E-state index contributed by atoms with van der Waals surface area (Å²) in [6, 6.07) is 0. The number of hydrogen-bond acceptors (Lipinski definition) is 3. The summed E-state index contributed by atoms with van der Waals surface area (Å²) >= 11 is 0. The Morgan fingerprint density at radius 1 is 1.82 bits per heavy atom. The summed E-state index contributed by atoms with van der Waals surface area (Å²) in [6.07, 6.45) is 1.58. The average Bonchev–Trinajstić information content (AvgIpc) is 2.33. The van der Waals surface area contributed by atoms with E-state index < -0.39 is 0 Å². The highest BCUT2D eigenvalue weighted by Gasteiger charge is 2.18. The van der Waals surface area contributed by atoms with Gasteiger partial charge in [0.15, 0.2) is 18.2 Å². The number of ether oxygens (including phenoxy) is 1. The van der Waals surface area contributed by atoms with Crippen LogP contribution in [0.15, 0.2) is 6.20 Å². The Morgan fingerprint density at radius 2 is 2.64 bits per heavy atom. The van der Waals surface area contributed by atoms with Crippen molar-refractivity contribution in [2.45, 2.75) is 0 Å². The van der Waals surface area contributed by atoms with Gasteiger partial charge >= 0.3 is 0 Å². The quantitative estimate of drug-likeness (QED) is 0.559. The summed E-state index contributed by atoms with van der Waals surface area (Å²) in [5, 5.41) is 6.55. The molecular formula is C6H7N3O2. The van der Waals surface area contributed by atoms with E-state index in [0.717, 1.165) is 0 Å². The van der Waals surface area contributed by atoms with E-state index in [4.69, 9.17) is 4.74 Å². The fourth-order valence-corrected chi connectivity index (χ4v) is 0.977. The number of hydrogen-bond donors (Lipinski definition) is 1. The Kier molecular flexibility index (Phi) is 1.12. The standard InChI is InChI=1S/C6H7N3O2/c1-9-6-4(2-7-9)11-3-5(10)8-6/h2H,3H2,1H3,(H,8,10). The predicted molar refractivity (Wildman–Crippen MR) is 37.3 cm³/mol. The zero-order valence-electron chi connectivity index (χ0n) is 6.00. The largest absolute Gasteiger partial charge is 0.478 e. The van der Waals surface area contributed by atoms with Crippen LogP contribution in [0.4, 0.5) is 5.82 Å². The van der Waals surface area contributed by atoms with Gasteiger partial charge in [0.1, 0.15) is 0 Å². The highest BCUT2D eigenvalue weighted by molar-refractivity contribution is 5.94. The van der Waals surface area contributed by atoms with Crippen molar-refractivity contribution in [1.82, 2.24) is 9.78 Å². The van der Waals surface area contributed by atoms with E-state index in [1.165, 1.54) is 0 Å². The topological polar surface area (TPSA) is 56.2 Å². The molecule has 1 N–H and O–H groups in total. The lowest BCUT2D eigenvalue weighted by molar-refractivity contribution is -0.118. The van der Waals surface area contributed by atoms with Crippen LogP contribution in [0.1, 0.15) is 0 Å². The number of carbonyl (C=O) groups excluding carboxylic acids is 1. The minimum atomic E-state index is -0.138. The van der Waals surface area contributed by atoms with Gasteiger partial charge in [-0.05, 0) is 0 Å². The maximum Gasteiger partial charge on any atom is 0.263 e. The Bertz CT molecular complexity index is 305. The van der Waals surface area contributed by atoms with E-state index in [1.807, 2.05) is 0 Å². The van der Waals surface area contributed by atoms with Crippen molar-refractivity contribution in [2.24, 2.45) is 7.05 Å². The number of carbonyl (C=O) groups is 1. The van der Waals surface area contributed by atoms with Gasteiger partial charge in [-0.3, -0.25) is 4.79 Å². The summed E-state index contributed by atoms with van der Waals surface area (Å²) < 4.78 is 6.62. The molecule has 0 unspecified atom stereocenters. The molecule has 2 heterocycles. The third kappa shape index (κ3) is 0.849. The van der Waals surface area contributed by atoms with Crippen molar-refractivity contribution in [3.05, 3.63) is 6.20 Å². The van der Waals surface area contributed by atoms with Crippen LogP contribution in [-0.2, 0) is 11.8 Å². The average molecular weight is 153 g/mol. The van der Waals surface area contributed by atoms with E-state index in [1.54, 1.807) is 17.9 Å². The monoisotopic (exact) mass is 153 g/mol. The number of aryl methyl sites for hydroxylation is 1. The summed E-state index contributed by atoms with van der Waals surface area (Å²) in [4.78, 5) is 10.8. The third-order valence-electron chi connectivity index (χ3n) is 1.52. The lowest BCUT2D eigenvalue weighted by atomic mass is 10.4. The molecular weight excluding hydrogens is 146 g/mol. The smallest absolute Gasteiger partial charge is 0.263 e. The van der Waals surface area contributed by atoms with Crippen LogP contribution in [0.5, 0.6) is 5.75 Å². The number of nitrogens with zero attached hydrogens (tertiary/aromatic N) is 2. The van der Waals surface area contributed by atoms with Gasteiger partial charge in [-0.15, -0.1) is 0 Å². The van der Waals surface area contributed by atoms with Crippen LogP contribution < -0.4 is 10.1 Å². The van der Waals surface area contributed by atoms with E-state index in [2.05, 4.69) is 10.4 Å². The van der Waals surface area contributed by atoms with Gasteiger partial charge in [0.05, 0.1) is 6.20 Å². The summed E-state index contributed by atoms with van der Waals surface area (Å²) in [5.41, 5.74) is 0. The number of fused-ring (bicyclic) bond motifs is 1. The molecule has 1 aromatic rings. The Balaban J connectivity index is 2.45. The van der Waals surface area contributed by atoms with Crippen LogP contribution in [-0.4, -0.2) is 22.3 Å². The third-order valence-corrected chi connectivity index (χ3v) is 1.52. The van der Waals surface area contributed by atoms with Crippen LogP contribution in [0.25, 0.3) is 0 Å². The molecule has 5 heteroatoms. The van der Waals surface area contributed by atoms with E-state index in [-0.39, 0.29) is 12.5 Å². The summed E-state index contributed by atoms with van der Waals surface area (Å²) in [7, 11) is 1.74. The molecule has 0 radical (unpaired) electrons. The lowest BCUT2D eigenvalue weighted by Gasteiger charge is -2.13. The molecule has 1 aliphatic heterocycles. The Hall–Kier alpha value is -1.52. The van der Waals surface area contributed by atoms with Crippen molar-refractivity contribution in [3.8, 4) is 5.75 Å². The second kappa shape index (κ2) is 1.98. The SMILES string of the molecule is Cn1ncc2c1NC(=O)CO2. The zero-order valence-corrected chi connectivity index (χ0v) is 6.00. The first kappa shape index (κ1) is 6.21. The fraction of sp³-hybridized carbons (Fsp3) is 0.333. The zero-order chi connectivity index (χ0) is 7.84. The van der Waals surface area contributed by atoms with E-state index in [0.29, 0.717) is 11.6 Å². The molecule has 1 aromatic heterocycles. The summed E-state index contributed by atoms with van der Waals surface area (Å²) in [5.74, 6) is 1.12. The van der Waals surface area contributed by atoms with E-state index >= 15 is 0 Å². The van der Waals surface area contributed by atoms with Crippen LogP contribution in [0, 0.1) is 0 Å². The minimum Gasteiger partial charge on any atom is -0.478 e. The molecule has 0 fully saturated rings. The van der Waals surface area contributed by atoms with Crippen molar-refractivity contribution in [2.75, 3.05) is 11.9 Å². The molecule has 58 valence electrons. The molecule has 0 saturated carbocycles. The predicted octanol–water partition coefficient (Wildman–Crippen LogP) is -0.249. The van der Waals surface area contributed by atoms with Crippen LogP contribution >= 0.6 is 0 Å². The first-order chi connectivity index (χ1) is 5.27. The second-order valence-electron chi connectivity index (χ2n) is 2.32. The molecule has 2 rings (SSSR count). The van der Waals surface area contributed by atoms with Gasteiger partial charge in [-0.2, -0.15) is 5.10 Å². The number of amides is 1. The van der Waals surface area contributed by atoms with E-state index in [9.17, 15) is 4.79 Å². The number of nitrogens with one attached hydrogen (secondary N) is 1. The Labute approximate surface area is 63.0 Å². The molecule has 0 aliphatic carbocycles. The van der Waals surface area contributed by atoms with Crippen molar-refractivity contribution < 1.29 is 9.53 Å². The Morgan fingerprint density at radius 3 is 3.45 bits per heavy atom. The molecule has 0 bridgehead atoms. The highest BCUT2D eigenvalue weighted by Crippen LogP contribution is 2.25. The summed E-state index contributed by atoms with van der Waals surface area (Å²) in [6.45, 7) is 0.0820. The second-order valence-corrected chi connectivity index (χ2v) is 2.32. The van der Waals surface area contributed by atoms with Crippen molar-refractivity contribution in [3.63, 3.8) is 0 Å². The highest BCUT2D eigenvalue weighted by atomic mass is 16.5. The molecule has 5 nitrogen and oxygen atoms in total. The van der Waals surface area contributed by atoms with Gasteiger partial charge in [-0.25, -0.2) is 4.68 Å². The number of anilines is 1. The van der Waals surface area contributed by atoms with Gasteiger partial charge in [-0.1, -0.05) is 0 Å². The minimum absolute atomic E-state index is 0.0820. The normalized spacial score (nSPS) is 15.2. The number of aromatic nitrogens is 2.